The summed E-state index contributed by atoms with van der Waals surface area (Å²) in [5.74, 6) is 0.789. The van der Waals surface area contributed by atoms with Crippen molar-refractivity contribution in [1.29, 1.82) is 0 Å². The van der Waals surface area contributed by atoms with E-state index in [-0.39, 0.29) is 5.60 Å². The Kier molecular flexibility index (Phi) is 4.63. The molecule has 0 amide bonds. The lowest BCUT2D eigenvalue weighted by Gasteiger charge is -2.38. The second kappa shape index (κ2) is 6.01. The Morgan fingerprint density at radius 1 is 1.35 bits per heavy atom. The summed E-state index contributed by atoms with van der Waals surface area (Å²) in [6.07, 6.45) is 5.02. The molecule has 0 aromatic heterocycles. The van der Waals surface area contributed by atoms with E-state index in [9.17, 15) is 0 Å². The molecule has 1 aromatic carbocycles. The molecule has 0 N–H and O–H groups in total. The van der Waals surface area contributed by atoms with Crippen LogP contribution in [0.4, 0.5) is 0 Å². The topological polar surface area (TPSA) is 9.23 Å². The van der Waals surface area contributed by atoms with E-state index in [2.05, 4.69) is 47.1 Å². The van der Waals surface area contributed by atoms with Gasteiger partial charge in [-0.3, -0.25) is 0 Å². The quantitative estimate of drug-likeness (QED) is 0.741. The zero-order chi connectivity index (χ0) is 12.1. The van der Waals surface area contributed by atoms with Gasteiger partial charge in [0.2, 0.25) is 0 Å². The van der Waals surface area contributed by atoms with Gasteiger partial charge in [-0.1, -0.05) is 66.0 Å². The molecule has 2 rings (SSSR count). The summed E-state index contributed by atoms with van der Waals surface area (Å²) in [6, 6.07) is 10.5. The van der Waals surface area contributed by atoms with E-state index in [1.807, 2.05) is 6.07 Å². The smallest absolute Gasteiger partial charge is 0.0786 e. The first kappa shape index (κ1) is 13.1. The number of hydrogen-bond donors (Lipinski definition) is 0. The lowest BCUT2D eigenvalue weighted by molar-refractivity contribution is -0.0729. The Morgan fingerprint density at radius 2 is 2.12 bits per heavy atom. The maximum Gasteiger partial charge on any atom is 0.0786 e. The van der Waals surface area contributed by atoms with Crippen molar-refractivity contribution >= 4 is 15.9 Å². The summed E-state index contributed by atoms with van der Waals surface area (Å²) in [6.45, 7) is 3.07. The minimum absolute atomic E-state index is 0.0630. The lowest BCUT2D eigenvalue weighted by atomic mass is 9.80. The maximum atomic E-state index is 6.23. The minimum atomic E-state index is 0.0630. The molecule has 1 aliphatic rings. The van der Waals surface area contributed by atoms with Gasteiger partial charge in [0, 0.05) is 5.33 Å². The zero-order valence-corrected chi connectivity index (χ0v) is 12.1. The molecule has 0 bridgehead atoms. The second-order valence-corrected chi connectivity index (χ2v) is 5.85. The second-order valence-electron chi connectivity index (χ2n) is 5.29. The molecular weight excluding hydrogens is 276 g/mol. The fourth-order valence-corrected chi connectivity index (χ4v) is 3.38. The highest BCUT2D eigenvalue weighted by atomic mass is 79.9. The largest absolute Gasteiger partial charge is 0.369 e. The predicted molar refractivity (Wildman–Crippen MR) is 75.4 cm³/mol. The summed E-state index contributed by atoms with van der Waals surface area (Å²) in [5.41, 5.74) is 1.33. The monoisotopic (exact) mass is 296 g/mol. The third kappa shape index (κ3) is 3.56. The van der Waals surface area contributed by atoms with E-state index in [0.29, 0.717) is 0 Å². The minimum Gasteiger partial charge on any atom is -0.369 e. The first-order valence-corrected chi connectivity index (χ1v) is 7.60. The van der Waals surface area contributed by atoms with Gasteiger partial charge in [0.1, 0.15) is 0 Å². The lowest BCUT2D eigenvalue weighted by Crippen LogP contribution is -2.39. The summed E-state index contributed by atoms with van der Waals surface area (Å²) < 4.78 is 6.23. The Balaban J connectivity index is 1.95. The van der Waals surface area contributed by atoms with E-state index in [0.717, 1.165) is 17.9 Å². The van der Waals surface area contributed by atoms with Gasteiger partial charge in [-0.2, -0.15) is 0 Å². The highest BCUT2D eigenvalue weighted by molar-refractivity contribution is 9.09. The van der Waals surface area contributed by atoms with E-state index in [4.69, 9.17) is 4.74 Å². The standard InChI is InChI=1S/C15H21BrO/c1-13-6-5-9-15(10-13,12-16)17-11-14-7-3-2-4-8-14/h2-4,7-8,13H,5-6,9-12H2,1H3. The summed E-state index contributed by atoms with van der Waals surface area (Å²) in [4.78, 5) is 0. The van der Waals surface area contributed by atoms with E-state index >= 15 is 0 Å². The maximum absolute atomic E-state index is 6.23. The predicted octanol–water partition coefficient (Wildman–Crippen LogP) is 4.55. The van der Waals surface area contributed by atoms with Gasteiger partial charge in [-0.15, -0.1) is 0 Å². The van der Waals surface area contributed by atoms with Gasteiger partial charge in [0.25, 0.3) is 0 Å². The van der Waals surface area contributed by atoms with Crippen molar-refractivity contribution in [2.45, 2.75) is 44.8 Å². The molecule has 0 heterocycles. The normalized spacial score (nSPS) is 29.2. The van der Waals surface area contributed by atoms with Crippen molar-refractivity contribution in [1.82, 2.24) is 0 Å². The number of halogens is 1. The average Bonchev–Trinajstić information content (AvgIpc) is 2.38. The van der Waals surface area contributed by atoms with Crippen LogP contribution in [0.2, 0.25) is 0 Å². The fraction of sp³-hybridized carbons (Fsp3) is 0.600. The summed E-state index contributed by atoms with van der Waals surface area (Å²) >= 11 is 3.64. The van der Waals surface area contributed by atoms with E-state index in [1.165, 1.54) is 31.2 Å². The van der Waals surface area contributed by atoms with Crippen molar-refractivity contribution in [3.05, 3.63) is 35.9 Å². The molecular formula is C15H21BrO. The highest BCUT2D eigenvalue weighted by Gasteiger charge is 2.34. The molecule has 0 spiro atoms. The van der Waals surface area contributed by atoms with Crippen molar-refractivity contribution in [2.24, 2.45) is 5.92 Å². The molecule has 2 unspecified atom stereocenters. The first-order valence-electron chi connectivity index (χ1n) is 6.48. The van der Waals surface area contributed by atoms with Gasteiger partial charge in [0.15, 0.2) is 0 Å². The molecule has 1 saturated carbocycles. The van der Waals surface area contributed by atoms with Crippen molar-refractivity contribution < 1.29 is 4.74 Å². The van der Waals surface area contributed by atoms with Gasteiger partial charge in [-0.25, -0.2) is 0 Å². The number of alkyl halides is 1. The van der Waals surface area contributed by atoms with Crippen LogP contribution in [-0.2, 0) is 11.3 Å². The van der Waals surface area contributed by atoms with Crippen LogP contribution in [0.25, 0.3) is 0 Å². The zero-order valence-electron chi connectivity index (χ0n) is 10.5. The van der Waals surface area contributed by atoms with Crippen LogP contribution in [0.3, 0.4) is 0 Å². The molecule has 1 aromatic rings. The Morgan fingerprint density at radius 3 is 2.76 bits per heavy atom. The van der Waals surface area contributed by atoms with Crippen LogP contribution in [-0.4, -0.2) is 10.9 Å². The fourth-order valence-electron chi connectivity index (χ4n) is 2.71. The van der Waals surface area contributed by atoms with Gasteiger partial charge in [-0.05, 0) is 24.3 Å². The third-order valence-electron chi connectivity index (χ3n) is 3.68. The molecule has 1 nitrogen and oxygen atoms in total. The molecule has 1 fully saturated rings. The molecule has 2 heteroatoms. The summed E-state index contributed by atoms with van der Waals surface area (Å²) in [5, 5.41) is 0.956. The van der Waals surface area contributed by atoms with Crippen LogP contribution in [0.5, 0.6) is 0 Å². The third-order valence-corrected chi connectivity index (χ3v) is 4.70. The summed E-state index contributed by atoms with van der Waals surface area (Å²) in [7, 11) is 0. The van der Waals surface area contributed by atoms with Gasteiger partial charge in [0.05, 0.1) is 12.2 Å². The van der Waals surface area contributed by atoms with Crippen LogP contribution < -0.4 is 0 Å². The Labute approximate surface area is 113 Å². The first-order chi connectivity index (χ1) is 8.24. The van der Waals surface area contributed by atoms with Crippen LogP contribution in [0, 0.1) is 5.92 Å². The van der Waals surface area contributed by atoms with Crippen molar-refractivity contribution in [2.75, 3.05) is 5.33 Å². The van der Waals surface area contributed by atoms with Crippen LogP contribution >= 0.6 is 15.9 Å². The molecule has 0 saturated heterocycles. The van der Waals surface area contributed by atoms with Gasteiger partial charge < -0.3 is 4.74 Å². The average molecular weight is 297 g/mol. The molecule has 0 aliphatic heterocycles. The van der Waals surface area contributed by atoms with E-state index in [1.54, 1.807) is 0 Å². The highest BCUT2D eigenvalue weighted by Crippen LogP contribution is 2.37. The van der Waals surface area contributed by atoms with Gasteiger partial charge >= 0.3 is 0 Å². The molecule has 0 radical (unpaired) electrons. The van der Waals surface area contributed by atoms with Crippen LogP contribution in [0.15, 0.2) is 30.3 Å². The number of hydrogen-bond acceptors (Lipinski definition) is 1. The molecule has 2 atom stereocenters. The van der Waals surface area contributed by atoms with Crippen LogP contribution in [0.1, 0.15) is 38.2 Å². The van der Waals surface area contributed by atoms with E-state index < -0.39 is 0 Å². The SMILES string of the molecule is CC1CCCC(CBr)(OCc2ccccc2)C1. The number of benzene rings is 1. The molecule has 1 aliphatic carbocycles. The Bertz CT molecular complexity index is 338. The Hall–Kier alpha value is -0.340. The number of ether oxygens (including phenoxy) is 1. The number of rotatable bonds is 4. The molecule has 17 heavy (non-hydrogen) atoms. The van der Waals surface area contributed by atoms with Crippen molar-refractivity contribution in [3.63, 3.8) is 0 Å². The van der Waals surface area contributed by atoms with Crippen molar-refractivity contribution in [3.8, 4) is 0 Å². The molecule has 94 valence electrons.